The van der Waals surface area contributed by atoms with Crippen molar-refractivity contribution in [1.82, 2.24) is 0 Å². The van der Waals surface area contributed by atoms with E-state index in [-0.39, 0.29) is 0 Å². The molecule has 0 spiro atoms. The summed E-state index contributed by atoms with van der Waals surface area (Å²) in [6.07, 6.45) is 0. The lowest BCUT2D eigenvalue weighted by Gasteiger charge is -2.13. The van der Waals surface area contributed by atoms with Crippen molar-refractivity contribution in [2.45, 2.75) is 9.79 Å². The van der Waals surface area contributed by atoms with Crippen molar-refractivity contribution in [3.8, 4) is 0 Å². The minimum Gasteiger partial charge on any atom is -0.324 e. The molecule has 0 saturated carbocycles. The molecular formula is C7H8ClO3PS2. The molecule has 0 saturated heterocycles. The monoisotopic (exact) mass is 270 g/mol. The molecule has 0 aliphatic rings. The van der Waals surface area contributed by atoms with Crippen molar-refractivity contribution in [2.75, 3.05) is 0 Å². The molecule has 1 unspecified atom stereocenters. The summed E-state index contributed by atoms with van der Waals surface area (Å²) in [6, 6.07) is 9.24. The summed E-state index contributed by atoms with van der Waals surface area (Å²) < 4.78 is 4.61. The maximum absolute atomic E-state index is 8.83. The molecule has 1 aromatic rings. The summed E-state index contributed by atoms with van der Waals surface area (Å²) >= 11 is 11.1. The first kappa shape index (κ1) is 12.5. The average molecular weight is 271 g/mol. The van der Waals surface area contributed by atoms with Crippen molar-refractivity contribution in [1.29, 1.82) is 0 Å². The van der Waals surface area contributed by atoms with Gasteiger partial charge < -0.3 is 9.79 Å². The number of alkyl halides is 1. The zero-order valence-corrected chi connectivity index (χ0v) is 10.2. The van der Waals surface area contributed by atoms with Gasteiger partial charge in [-0.2, -0.15) is 0 Å². The molecule has 1 aromatic carbocycles. The minimum absolute atomic E-state index is 0.871. The Morgan fingerprint density at radius 1 is 1.36 bits per heavy atom. The van der Waals surface area contributed by atoms with Gasteiger partial charge in [-0.25, -0.2) is 0 Å². The largest absolute Gasteiger partial charge is 0.324 e. The Morgan fingerprint density at radius 3 is 2.43 bits per heavy atom. The van der Waals surface area contributed by atoms with Gasteiger partial charge in [0.25, 0.3) is 0 Å². The quantitative estimate of drug-likeness (QED) is 0.381. The highest BCUT2D eigenvalue weighted by Gasteiger charge is 2.16. The van der Waals surface area contributed by atoms with Crippen molar-refractivity contribution in [3.63, 3.8) is 0 Å². The minimum atomic E-state index is -3.68. The highest BCUT2D eigenvalue weighted by Crippen LogP contribution is 2.43. The summed E-state index contributed by atoms with van der Waals surface area (Å²) in [7, 11) is 0. The third kappa shape index (κ3) is 5.32. The Kier molecular flexibility index (Phi) is 4.87. The zero-order valence-electron chi connectivity index (χ0n) is 6.91. The van der Waals surface area contributed by atoms with Crippen molar-refractivity contribution >= 4 is 41.9 Å². The van der Waals surface area contributed by atoms with Gasteiger partial charge >= 0.3 is 6.72 Å². The molecule has 0 fully saturated rings. The van der Waals surface area contributed by atoms with Crippen LogP contribution < -0.4 is 0 Å². The van der Waals surface area contributed by atoms with Crippen LogP contribution in [-0.2, 0) is 16.3 Å². The number of halogens is 1. The van der Waals surface area contributed by atoms with Crippen LogP contribution in [0.3, 0.4) is 0 Å². The molecule has 0 bridgehead atoms. The lowest BCUT2D eigenvalue weighted by Crippen LogP contribution is -1.96. The standard InChI is InChI=1S/C7H8ClO3PS2/c8-7(11-12(9,10)13)14-6-4-2-1-3-5-6/h1-5,7H,(H2,9,10,13). The SMILES string of the molecule is OP(O)(=S)OC(Cl)Sc1ccccc1. The van der Waals surface area contributed by atoms with Crippen molar-refractivity contribution in [2.24, 2.45) is 0 Å². The Hall–Kier alpha value is 0.390. The van der Waals surface area contributed by atoms with Crippen LogP contribution in [0.5, 0.6) is 0 Å². The molecule has 78 valence electrons. The number of rotatable bonds is 4. The van der Waals surface area contributed by atoms with Crippen LogP contribution in [0.2, 0.25) is 0 Å². The second kappa shape index (κ2) is 5.47. The van der Waals surface area contributed by atoms with E-state index in [1.165, 1.54) is 0 Å². The van der Waals surface area contributed by atoms with Crippen LogP contribution >= 0.6 is 30.1 Å². The van der Waals surface area contributed by atoms with E-state index in [0.717, 1.165) is 16.7 Å². The van der Waals surface area contributed by atoms with Crippen molar-refractivity contribution < 1.29 is 14.3 Å². The molecule has 0 aromatic heterocycles. The highest BCUT2D eigenvalue weighted by atomic mass is 35.5. The number of hydrogen-bond donors (Lipinski definition) is 2. The van der Waals surface area contributed by atoms with E-state index in [1.807, 2.05) is 30.3 Å². The fourth-order valence-electron chi connectivity index (χ4n) is 0.736. The predicted molar refractivity (Wildman–Crippen MR) is 61.7 cm³/mol. The van der Waals surface area contributed by atoms with Gasteiger partial charge in [0, 0.05) is 4.90 Å². The second-order valence-corrected chi connectivity index (χ2v) is 6.71. The summed E-state index contributed by atoms with van der Waals surface area (Å²) in [5.74, 6) is 0. The molecule has 14 heavy (non-hydrogen) atoms. The van der Waals surface area contributed by atoms with Crippen LogP contribution in [0.25, 0.3) is 0 Å². The van der Waals surface area contributed by atoms with E-state index in [0.29, 0.717) is 0 Å². The Morgan fingerprint density at radius 2 is 1.93 bits per heavy atom. The van der Waals surface area contributed by atoms with Crippen LogP contribution in [0.4, 0.5) is 0 Å². The van der Waals surface area contributed by atoms with E-state index in [9.17, 15) is 0 Å². The second-order valence-electron chi connectivity index (χ2n) is 2.30. The third-order valence-corrected chi connectivity index (χ3v) is 3.38. The molecule has 1 atom stereocenters. The maximum Gasteiger partial charge on any atom is 0.324 e. The topological polar surface area (TPSA) is 49.7 Å². The summed E-state index contributed by atoms with van der Waals surface area (Å²) in [5.41, 5.74) is 0. The summed E-state index contributed by atoms with van der Waals surface area (Å²) in [4.78, 5) is 17.6. The first-order valence-electron chi connectivity index (χ1n) is 3.57. The zero-order chi connectivity index (χ0) is 10.6. The smallest absolute Gasteiger partial charge is 0.324 e. The molecule has 0 aliphatic carbocycles. The van der Waals surface area contributed by atoms with E-state index >= 15 is 0 Å². The lowest BCUT2D eigenvalue weighted by molar-refractivity contribution is 0.276. The Bertz CT molecular complexity index is 329. The molecule has 1 rings (SSSR count). The molecule has 0 radical (unpaired) electrons. The first-order chi connectivity index (χ1) is 6.47. The van der Waals surface area contributed by atoms with Crippen LogP contribution in [-0.4, -0.2) is 14.7 Å². The lowest BCUT2D eigenvalue weighted by atomic mass is 10.4. The van der Waals surface area contributed by atoms with Crippen LogP contribution in [0, 0.1) is 0 Å². The molecule has 0 heterocycles. The van der Waals surface area contributed by atoms with Gasteiger partial charge in [0.1, 0.15) is 0 Å². The van der Waals surface area contributed by atoms with Crippen LogP contribution in [0.15, 0.2) is 35.2 Å². The molecule has 7 heteroatoms. The molecule has 2 N–H and O–H groups in total. The van der Waals surface area contributed by atoms with Gasteiger partial charge in [0.15, 0.2) is 4.90 Å². The highest BCUT2D eigenvalue weighted by molar-refractivity contribution is 8.07. The normalized spacial score (nSPS) is 13.9. The van der Waals surface area contributed by atoms with Crippen LogP contribution in [0.1, 0.15) is 0 Å². The number of thioether (sulfide) groups is 1. The van der Waals surface area contributed by atoms with Gasteiger partial charge in [-0.15, -0.1) is 0 Å². The summed E-state index contributed by atoms with van der Waals surface area (Å²) in [5, 5.41) is 0. The molecular weight excluding hydrogens is 263 g/mol. The number of benzene rings is 1. The fraction of sp³-hybridized carbons (Fsp3) is 0.143. The van der Waals surface area contributed by atoms with Gasteiger partial charge in [0.2, 0.25) is 0 Å². The molecule has 0 amide bonds. The fourth-order valence-corrected chi connectivity index (χ4v) is 3.22. The van der Waals surface area contributed by atoms with E-state index in [2.05, 4.69) is 16.3 Å². The first-order valence-corrected chi connectivity index (χ1v) is 7.51. The van der Waals surface area contributed by atoms with E-state index in [1.54, 1.807) is 0 Å². The number of hydrogen-bond acceptors (Lipinski definition) is 3. The Labute approximate surface area is 96.3 Å². The molecule has 0 aliphatic heterocycles. The van der Waals surface area contributed by atoms with Gasteiger partial charge in [-0.3, -0.25) is 4.52 Å². The van der Waals surface area contributed by atoms with Gasteiger partial charge in [-0.1, -0.05) is 41.6 Å². The van der Waals surface area contributed by atoms with Gasteiger partial charge in [0.05, 0.1) is 0 Å². The third-order valence-electron chi connectivity index (χ3n) is 1.19. The van der Waals surface area contributed by atoms with Crippen molar-refractivity contribution in [3.05, 3.63) is 30.3 Å². The van der Waals surface area contributed by atoms with E-state index < -0.39 is 11.6 Å². The average Bonchev–Trinajstić information content (AvgIpc) is 2.02. The molecule has 3 nitrogen and oxygen atoms in total. The Balaban J connectivity index is 2.50. The predicted octanol–water partition coefficient (Wildman–Crippen LogP) is 2.53. The summed E-state index contributed by atoms with van der Waals surface area (Å²) in [6.45, 7) is -3.68. The maximum atomic E-state index is 8.83. The van der Waals surface area contributed by atoms with E-state index in [4.69, 9.17) is 21.4 Å². The van der Waals surface area contributed by atoms with Gasteiger partial charge in [-0.05, 0) is 23.9 Å².